The van der Waals surface area contributed by atoms with Crippen molar-refractivity contribution < 1.29 is 0 Å². The Morgan fingerprint density at radius 3 is 1.88 bits per heavy atom. The van der Waals surface area contributed by atoms with Crippen molar-refractivity contribution in [2.45, 2.75) is 68.7 Å². The molecule has 2 heteroatoms. The van der Waals surface area contributed by atoms with E-state index in [0.29, 0.717) is 0 Å². The van der Waals surface area contributed by atoms with Gasteiger partial charge in [-0.25, -0.2) is 0 Å². The van der Waals surface area contributed by atoms with E-state index in [1.54, 1.807) is 0 Å². The molecular formula is C14H25NS. The number of thioether (sulfide) groups is 1. The first-order valence-corrected chi connectivity index (χ1v) is 8.44. The zero-order chi connectivity index (χ0) is 11.0. The molecule has 0 heterocycles. The van der Waals surface area contributed by atoms with Crippen LogP contribution in [0.4, 0.5) is 0 Å². The molecule has 0 aromatic rings. The molecule has 1 nitrogen and oxygen atoms in total. The van der Waals surface area contributed by atoms with E-state index in [4.69, 9.17) is 0 Å². The van der Waals surface area contributed by atoms with Gasteiger partial charge in [-0.2, -0.15) is 11.8 Å². The van der Waals surface area contributed by atoms with E-state index in [2.05, 4.69) is 23.3 Å². The highest BCUT2D eigenvalue weighted by molar-refractivity contribution is 7.99. The van der Waals surface area contributed by atoms with Crippen LogP contribution in [0.25, 0.3) is 0 Å². The minimum Gasteiger partial charge on any atom is -0.311 e. The van der Waals surface area contributed by atoms with E-state index >= 15 is 0 Å². The Hall–Kier alpha value is 0.310. The van der Waals surface area contributed by atoms with E-state index in [0.717, 1.165) is 29.2 Å². The van der Waals surface area contributed by atoms with Crippen LogP contribution in [-0.2, 0) is 0 Å². The summed E-state index contributed by atoms with van der Waals surface area (Å²) in [4.78, 5) is 0. The summed E-state index contributed by atoms with van der Waals surface area (Å²) in [6.45, 7) is 0. The monoisotopic (exact) mass is 239 g/mol. The van der Waals surface area contributed by atoms with Gasteiger partial charge in [-0.05, 0) is 69.5 Å². The topological polar surface area (TPSA) is 12.0 Å². The summed E-state index contributed by atoms with van der Waals surface area (Å²) >= 11 is 2.08. The molecule has 0 aromatic heterocycles. The summed E-state index contributed by atoms with van der Waals surface area (Å²) in [6, 6.07) is 1.77. The maximum atomic E-state index is 4.02. The van der Waals surface area contributed by atoms with Crippen molar-refractivity contribution in [3.63, 3.8) is 0 Å². The van der Waals surface area contributed by atoms with E-state index < -0.39 is 0 Å². The second kappa shape index (κ2) is 4.89. The lowest BCUT2D eigenvalue weighted by Gasteiger charge is -2.32. The molecule has 3 fully saturated rings. The Balaban J connectivity index is 1.46. The lowest BCUT2D eigenvalue weighted by molar-refractivity contribution is 0.305. The third kappa shape index (κ3) is 2.76. The van der Waals surface area contributed by atoms with Gasteiger partial charge in [0.2, 0.25) is 0 Å². The highest BCUT2D eigenvalue weighted by Gasteiger charge is 2.42. The average molecular weight is 239 g/mol. The van der Waals surface area contributed by atoms with Gasteiger partial charge >= 0.3 is 0 Å². The fourth-order valence-electron chi connectivity index (χ4n) is 3.31. The quantitative estimate of drug-likeness (QED) is 0.789. The molecule has 0 radical (unpaired) electrons. The summed E-state index contributed by atoms with van der Waals surface area (Å²) in [5.74, 6) is 2.12. The molecule has 0 atom stereocenters. The Morgan fingerprint density at radius 1 is 0.875 bits per heavy atom. The SMILES string of the molecule is CSC1CCC(NC(C2CC2)C2CC2)CC1. The molecule has 3 rings (SSSR count). The molecular weight excluding hydrogens is 214 g/mol. The molecule has 0 saturated heterocycles. The van der Waals surface area contributed by atoms with Crippen LogP contribution in [0.3, 0.4) is 0 Å². The van der Waals surface area contributed by atoms with Crippen LogP contribution in [-0.4, -0.2) is 23.6 Å². The van der Waals surface area contributed by atoms with Crippen molar-refractivity contribution in [1.29, 1.82) is 0 Å². The second-order valence-corrected chi connectivity index (χ2v) is 7.21. The Labute approximate surface area is 104 Å². The van der Waals surface area contributed by atoms with Crippen LogP contribution < -0.4 is 5.32 Å². The van der Waals surface area contributed by atoms with Gasteiger partial charge < -0.3 is 5.32 Å². The number of rotatable bonds is 5. The lowest BCUT2D eigenvalue weighted by atomic mass is 9.93. The first-order valence-electron chi connectivity index (χ1n) is 7.15. The first-order chi connectivity index (χ1) is 7.86. The molecule has 0 aromatic carbocycles. The summed E-state index contributed by atoms with van der Waals surface area (Å²) in [7, 11) is 0. The minimum atomic E-state index is 0.856. The largest absolute Gasteiger partial charge is 0.311 e. The fourth-order valence-corrected chi connectivity index (χ4v) is 4.05. The molecule has 3 aliphatic rings. The predicted molar refractivity (Wildman–Crippen MR) is 71.9 cm³/mol. The molecule has 0 aliphatic heterocycles. The van der Waals surface area contributed by atoms with Crippen LogP contribution in [0.5, 0.6) is 0 Å². The van der Waals surface area contributed by atoms with Crippen molar-refractivity contribution in [3.05, 3.63) is 0 Å². The van der Waals surface area contributed by atoms with E-state index in [1.807, 2.05) is 0 Å². The van der Waals surface area contributed by atoms with Crippen LogP contribution in [0.1, 0.15) is 51.4 Å². The molecule has 0 amide bonds. The third-order valence-electron chi connectivity index (χ3n) is 4.70. The van der Waals surface area contributed by atoms with Gasteiger partial charge in [0.05, 0.1) is 0 Å². The van der Waals surface area contributed by atoms with Crippen molar-refractivity contribution in [3.8, 4) is 0 Å². The molecule has 0 bridgehead atoms. The van der Waals surface area contributed by atoms with Crippen molar-refractivity contribution in [2.24, 2.45) is 11.8 Å². The minimum absolute atomic E-state index is 0.856. The molecule has 3 saturated carbocycles. The number of nitrogens with one attached hydrogen (secondary N) is 1. The first kappa shape index (κ1) is 11.4. The van der Waals surface area contributed by atoms with Gasteiger partial charge in [0, 0.05) is 17.3 Å². The van der Waals surface area contributed by atoms with Gasteiger partial charge in [0.15, 0.2) is 0 Å². The Kier molecular flexibility index (Phi) is 3.49. The van der Waals surface area contributed by atoms with Crippen LogP contribution >= 0.6 is 11.8 Å². The van der Waals surface area contributed by atoms with Gasteiger partial charge in [0.25, 0.3) is 0 Å². The average Bonchev–Trinajstić information content (AvgIpc) is 3.19. The van der Waals surface area contributed by atoms with E-state index in [9.17, 15) is 0 Å². The Morgan fingerprint density at radius 2 is 1.44 bits per heavy atom. The standard InChI is InChI=1S/C14H25NS/c1-16-13-8-6-12(7-9-13)15-14(10-2-3-10)11-4-5-11/h10-15H,2-9H2,1H3. The van der Waals surface area contributed by atoms with Crippen molar-refractivity contribution in [1.82, 2.24) is 5.32 Å². The maximum absolute atomic E-state index is 4.02. The second-order valence-electron chi connectivity index (χ2n) is 6.08. The molecule has 3 aliphatic carbocycles. The number of hydrogen-bond acceptors (Lipinski definition) is 2. The van der Waals surface area contributed by atoms with Crippen molar-refractivity contribution in [2.75, 3.05) is 6.26 Å². The maximum Gasteiger partial charge on any atom is 0.0126 e. The molecule has 16 heavy (non-hydrogen) atoms. The summed E-state index contributed by atoms with van der Waals surface area (Å²) < 4.78 is 0. The summed E-state index contributed by atoms with van der Waals surface area (Å²) in [5.41, 5.74) is 0. The van der Waals surface area contributed by atoms with Gasteiger partial charge in [0.1, 0.15) is 0 Å². The Bertz CT molecular complexity index is 215. The van der Waals surface area contributed by atoms with Gasteiger partial charge in [-0.1, -0.05) is 0 Å². The smallest absolute Gasteiger partial charge is 0.0126 e. The summed E-state index contributed by atoms with van der Waals surface area (Å²) in [5, 5.41) is 4.97. The predicted octanol–water partition coefficient (Wildman–Crippen LogP) is 3.44. The van der Waals surface area contributed by atoms with Crippen LogP contribution in [0.15, 0.2) is 0 Å². The molecule has 0 unspecified atom stereocenters. The molecule has 1 N–H and O–H groups in total. The zero-order valence-electron chi connectivity index (χ0n) is 10.5. The van der Waals surface area contributed by atoms with E-state index in [1.165, 1.54) is 51.4 Å². The van der Waals surface area contributed by atoms with Crippen LogP contribution in [0, 0.1) is 11.8 Å². The van der Waals surface area contributed by atoms with Crippen LogP contribution in [0.2, 0.25) is 0 Å². The molecule has 92 valence electrons. The number of hydrogen-bond donors (Lipinski definition) is 1. The summed E-state index contributed by atoms with van der Waals surface area (Å²) in [6.07, 6.45) is 14.1. The highest BCUT2D eigenvalue weighted by Crippen LogP contribution is 2.45. The molecule has 0 spiro atoms. The normalized spacial score (nSPS) is 35.6. The van der Waals surface area contributed by atoms with Crippen molar-refractivity contribution >= 4 is 11.8 Å². The third-order valence-corrected chi connectivity index (χ3v) is 5.83. The van der Waals surface area contributed by atoms with E-state index in [-0.39, 0.29) is 0 Å². The van der Waals surface area contributed by atoms with Gasteiger partial charge in [-0.3, -0.25) is 0 Å². The van der Waals surface area contributed by atoms with Gasteiger partial charge in [-0.15, -0.1) is 0 Å². The fraction of sp³-hybridized carbons (Fsp3) is 1.00. The lowest BCUT2D eigenvalue weighted by Crippen LogP contribution is -2.43. The zero-order valence-corrected chi connectivity index (χ0v) is 11.3. The highest BCUT2D eigenvalue weighted by atomic mass is 32.2.